The Hall–Kier alpha value is -2.88. The lowest BCUT2D eigenvalue weighted by molar-refractivity contribution is 1.08. The minimum Gasteiger partial charge on any atom is -0.366 e. The summed E-state index contributed by atoms with van der Waals surface area (Å²) in [6.07, 6.45) is 1.57. The Balaban J connectivity index is 1.68. The molecule has 0 spiro atoms. The number of rotatable bonds is 5. The molecular formula is C20H22N4. The second-order valence-electron chi connectivity index (χ2n) is 6.07. The van der Waals surface area contributed by atoms with Crippen LogP contribution in [0, 0.1) is 20.8 Å². The van der Waals surface area contributed by atoms with Gasteiger partial charge in [-0.2, -0.15) is 0 Å². The second kappa shape index (κ2) is 7.13. The zero-order valence-corrected chi connectivity index (χ0v) is 14.3. The molecule has 0 unspecified atom stereocenters. The van der Waals surface area contributed by atoms with Gasteiger partial charge in [-0.15, -0.1) is 0 Å². The van der Waals surface area contributed by atoms with E-state index in [1.807, 2.05) is 6.07 Å². The lowest BCUT2D eigenvalue weighted by atomic mass is 10.1. The van der Waals surface area contributed by atoms with Gasteiger partial charge in [-0.25, -0.2) is 9.97 Å². The molecule has 0 aliphatic carbocycles. The van der Waals surface area contributed by atoms with Gasteiger partial charge < -0.3 is 10.6 Å². The van der Waals surface area contributed by atoms with Crippen molar-refractivity contribution < 1.29 is 0 Å². The van der Waals surface area contributed by atoms with Crippen molar-refractivity contribution in [3.63, 3.8) is 0 Å². The molecule has 1 aromatic heterocycles. The van der Waals surface area contributed by atoms with Crippen molar-refractivity contribution in [3.05, 3.63) is 77.1 Å². The Morgan fingerprint density at radius 1 is 0.792 bits per heavy atom. The Labute approximate surface area is 143 Å². The third-order valence-electron chi connectivity index (χ3n) is 3.91. The molecule has 0 saturated carbocycles. The van der Waals surface area contributed by atoms with E-state index in [0.717, 1.165) is 23.9 Å². The van der Waals surface area contributed by atoms with E-state index in [1.165, 1.54) is 22.3 Å². The van der Waals surface area contributed by atoms with Crippen LogP contribution in [0.1, 0.15) is 22.3 Å². The molecule has 2 N–H and O–H groups in total. The number of aryl methyl sites for hydroxylation is 3. The fourth-order valence-electron chi connectivity index (χ4n) is 2.51. The highest BCUT2D eigenvalue weighted by molar-refractivity contribution is 5.62. The number of anilines is 3. The minimum absolute atomic E-state index is 0.736. The van der Waals surface area contributed by atoms with Crippen LogP contribution in [0.4, 0.5) is 17.3 Å². The molecule has 4 nitrogen and oxygen atoms in total. The molecule has 0 aliphatic heterocycles. The van der Waals surface area contributed by atoms with Gasteiger partial charge in [-0.1, -0.05) is 47.5 Å². The SMILES string of the molecule is Cc1ccc(CNc2cc(Nc3ccc(C)cc3C)ncn2)cc1. The van der Waals surface area contributed by atoms with E-state index in [1.54, 1.807) is 6.33 Å². The molecule has 3 rings (SSSR count). The number of nitrogens with one attached hydrogen (secondary N) is 2. The van der Waals surface area contributed by atoms with Gasteiger partial charge in [0.2, 0.25) is 0 Å². The third kappa shape index (κ3) is 4.10. The molecule has 4 heteroatoms. The van der Waals surface area contributed by atoms with Crippen molar-refractivity contribution in [1.82, 2.24) is 9.97 Å². The molecule has 122 valence electrons. The van der Waals surface area contributed by atoms with Crippen molar-refractivity contribution >= 4 is 17.3 Å². The van der Waals surface area contributed by atoms with Crippen molar-refractivity contribution in [2.45, 2.75) is 27.3 Å². The molecular weight excluding hydrogens is 296 g/mol. The fourth-order valence-corrected chi connectivity index (χ4v) is 2.51. The predicted octanol–water partition coefficient (Wildman–Crippen LogP) is 4.76. The average Bonchev–Trinajstić information content (AvgIpc) is 2.57. The van der Waals surface area contributed by atoms with Crippen LogP contribution >= 0.6 is 0 Å². The second-order valence-corrected chi connectivity index (χ2v) is 6.07. The number of aromatic nitrogens is 2. The molecule has 0 radical (unpaired) electrons. The van der Waals surface area contributed by atoms with Crippen LogP contribution in [-0.2, 0) is 6.54 Å². The van der Waals surface area contributed by atoms with Crippen LogP contribution in [0.3, 0.4) is 0 Å². The molecule has 1 heterocycles. The van der Waals surface area contributed by atoms with Gasteiger partial charge >= 0.3 is 0 Å². The van der Waals surface area contributed by atoms with Crippen LogP contribution in [0.15, 0.2) is 54.9 Å². The number of hydrogen-bond acceptors (Lipinski definition) is 4. The first-order chi connectivity index (χ1) is 11.6. The molecule has 0 fully saturated rings. The summed E-state index contributed by atoms with van der Waals surface area (Å²) in [6, 6.07) is 16.7. The van der Waals surface area contributed by atoms with Crippen LogP contribution in [0.25, 0.3) is 0 Å². The van der Waals surface area contributed by atoms with Crippen LogP contribution in [0.2, 0.25) is 0 Å². The van der Waals surface area contributed by atoms with E-state index < -0.39 is 0 Å². The molecule has 3 aromatic rings. The van der Waals surface area contributed by atoms with Crippen molar-refractivity contribution in [2.75, 3.05) is 10.6 Å². The maximum atomic E-state index is 4.30. The topological polar surface area (TPSA) is 49.8 Å². The molecule has 0 aliphatic rings. The molecule has 0 saturated heterocycles. The van der Waals surface area contributed by atoms with E-state index in [4.69, 9.17) is 0 Å². The molecule has 2 aromatic carbocycles. The van der Waals surface area contributed by atoms with Crippen molar-refractivity contribution in [2.24, 2.45) is 0 Å². The lowest BCUT2D eigenvalue weighted by Crippen LogP contribution is -2.03. The first-order valence-electron chi connectivity index (χ1n) is 8.06. The number of benzene rings is 2. The summed E-state index contributed by atoms with van der Waals surface area (Å²) in [6.45, 7) is 7.01. The van der Waals surface area contributed by atoms with Gasteiger partial charge in [-0.05, 0) is 38.0 Å². The van der Waals surface area contributed by atoms with Gasteiger partial charge in [0, 0.05) is 18.3 Å². The van der Waals surface area contributed by atoms with E-state index in [2.05, 4.69) is 83.8 Å². The summed E-state index contributed by atoms with van der Waals surface area (Å²) < 4.78 is 0. The highest BCUT2D eigenvalue weighted by atomic mass is 15.1. The quantitative estimate of drug-likeness (QED) is 0.712. The van der Waals surface area contributed by atoms with Gasteiger partial charge in [0.05, 0.1) is 0 Å². The van der Waals surface area contributed by atoms with Crippen LogP contribution in [-0.4, -0.2) is 9.97 Å². The Kier molecular flexibility index (Phi) is 4.75. The van der Waals surface area contributed by atoms with Gasteiger partial charge in [0.15, 0.2) is 0 Å². The summed E-state index contributed by atoms with van der Waals surface area (Å²) in [5, 5.41) is 6.69. The molecule has 0 amide bonds. The smallest absolute Gasteiger partial charge is 0.135 e. The summed E-state index contributed by atoms with van der Waals surface area (Å²) >= 11 is 0. The molecule has 0 bridgehead atoms. The van der Waals surface area contributed by atoms with Gasteiger partial charge in [0.25, 0.3) is 0 Å². The summed E-state index contributed by atoms with van der Waals surface area (Å²) in [4.78, 5) is 8.59. The summed E-state index contributed by atoms with van der Waals surface area (Å²) in [5.74, 6) is 1.58. The van der Waals surface area contributed by atoms with Gasteiger partial charge in [-0.3, -0.25) is 0 Å². The Morgan fingerprint density at radius 3 is 2.25 bits per heavy atom. The van der Waals surface area contributed by atoms with Crippen LogP contribution < -0.4 is 10.6 Å². The Morgan fingerprint density at radius 2 is 1.50 bits per heavy atom. The van der Waals surface area contributed by atoms with Crippen LogP contribution in [0.5, 0.6) is 0 Å². The zero-order chi connectivity index (χ0) is 16.9. The zero-order valence-electron chi connectivity index (χ0n) is 14.3. The summed E-state index contributed by atoms with van der Waals surface area (Å²) in [5.41, 5.74) is 6.00. The predicted molar refractivity (Wildman–Crippen MR) is 99.7 cm³/mol. The van der Waals surface area contributed by atoms with E-state index in [-0.39, 0.29) is 0 Å². The highest BCUT2D eigenvalue weighted by Crippen LogP contribution is 2.21. The third-order valence-corrected chi connectivity index (χ3v) is 3.91. The summed E-state index contributed by atoms with van der Waals surface area (Å²) in [7, 11) is 0. The van der Waals surface area contributed by atoms with Gasteiger partial charge in [0.1, 0.15) is 18.0 Å². The van der Waals surface area contributed by atoms with Crippen molar-refractivity contribution in [3.8, 4) is 0 Å². The minimum atomic E-state index is 0.736. The standard InChI is InChI=1S/C20H22N4/c1-14-4-7-17(8-5-14)12-21-19-11-20(23-13-22-19)24-18-9-6-15(2)10-16(18)3/h4-11,13H,12H2,1-3H3,(H2,21,22,23,24). The maximum absolute atomic E-state index is 4.30. The lowest BCUT2D eigenvalue weighted by Gasteiger charge is -2.11. The first kappa shape index (κ1) is 16.0. The van der Waals surface area contributed by atoms with E-state index >= 15 is 0 Å². The fraction of sp³-hybridized carbons (Fsp3) is 0.200. The highest BCUT2D eigenvalue weighted by Gasteiger charge is 2.03. The van der Waals surface area contributed by atoms with Crippen molar-refractivity contribution in [1.29, 1.82) is 0 Å². The maximum Gasteiger partial charge on any atom is 0.135 e. The number of hydrogen-bond donors (Lipinski definition) is 2. The Bertz CT molecular complexity index is 825. The molecule has 24 heavy (non-hydrogen) atoms. The molecule has 0 atom stereocenters. The number of nitrogens with zero attached hydrogens (tertiary/aromatic N) is 2. The van der Waals surface area contributed by atoms with E-state index in [9.17, 15) is 0 Å². The normalized spacial score (nSPS) is 10.5. The average molecular weight is 318 g/mol. The monoisotopic (exact) mass is 318 g/mol. The van der Waals surface area contributed by atoms with E-state index in [0.29, 0.717) is 0 Å². The first-order valence-corrected chi connectivity index (χ1v) is 8.06. The largest absolute Gasteiger partial charge is 0.366 e.